The first-order chi connectivity index (χ1) is 16.1. The predicted molar refractivity (Wildman–Crippen MR) is 122 cm³/mol. The highest BCUT2D eigenvalue weighted by molar-refractivity contribution is 7.09. The number of hydrogen-bond donors (Lipinski definition) is 2. The minimum Gasteiger partial charge on any atom is -0.450 e. The minimum atomic E-state index is -0.879. The van der Waals surface area contributed by atoms with Gasteiger partial charge in [-0.1, -0.05) is 54.6 Å². The molecular formula is C23H19N5O4S. The van der Waals surface area contributed by atoms with E-state index in [0.717, 1.165) is 10.4 Å². The molecule has 2 heterocycles. The standard InChI is InChI=1S/C23H19N5O4S/c29-19(25-23(31)24-14-18-12-7-13-33-18)15-32-22(30)20-26-21(16-8-3-1-4-9-16)28(27-20)17-10-5-2-6-11-17/h1-13H,14-15H2,(H2,24,25,29,31). The molecule has 0 saturated heterocycles. The lowest BCUT2D eigenvalue weighted by Gasteiger charge is -2.06. The van der Waals surface area contributed by atoms with Gasteiger partial charge in [0.2, 0.25) is 0 Å². The number of hydrogen-bond acceptors (Lipinski definition) is 7. The summed E-state index contributed by atoms with van der Waals surface area (Å²) in [6.07, 6.45) is 0. The van der Waals surface area contributed by atoms with Crippen LogP contribution in [-0.2, 0) is 16.1 Å². The van der Waals surface area contributed by atoms with Gasteiger partial charge in [-0.2, -0.15) is 0 Å². The van der Waals surface area contributed by atoms with Gasteiger partial charge in [0.05, 0.1) is 12.2 Å². The van der Waals surface area contributed by atoms with Gasteiger partial charge in [-0.15, -0.1) is 16.4 Å². The maximum absolute atomic E-state index is 12.5. The summed E-state index contributed by atoms with van der Waals surface area (Å²) in [7, 11) is 0. The second kappa shape index (κ2) is 10.3. The molecule has 4 rings (SSSR count). The lowest BCUT2D eigenvalue weighted by atomic mass is 10.2. The lowest BCUT2D eigenvalue weighted by molar-refractivity contribution is -0.123. The SMILES string of the molecule is O=C(COC(=O)c1nc(-c2ccccc2)n(-c2ccccc2)n1)NC(=O)NCc1cccs1. The third kappa shape index (κ3) is 5.69. The van der Waals surface area contributed by atoms with E-state index in [-0.39, 0.29) is 5.82 Å². The second-order valence-electron chi connectivity index (χ2n) is 6.76. The molecule has 2 aromatic heterocycles. The molecule has 0 aliphatic carbocycles. The Morgan fingerprint density at radius 3 is 2.36 bits per heavy atom. The number of aromatic nitrogens is 3. The predicted octanol–water partition coefficient (Wildman–Crippen LogP) is 3.18. The fourth-order valence-corrected chi connectivity index (χ4v) is 3.55. The molecule has 0 saturated carbocycles. The first-order valence-corrected chi connectivity index (χ1v) is 10.8. The van der Waals surface area contributed by atoms with Crippen molar-refractivity contribution in [2.24, 2.45) is 0 Å². The molecule has 0 aliphatic rings. The molecule has 3 amide bonds. The van der Waals surface area contributed by atoms with Gasteiger partial charge < -0.3 is 10.1 Å². The number of benzene rings is 2. The monoisotopic (exact) mass is 461 g/mol. The number of amides is 3. The highest BCUT2D eigenvalue weighted by atomic mass is 32.1. The summed E-state index contributed by atoms with van der Waals surface area (Å²) in [5.74, 6) is -1.40. The van der Waals surface area contributed by atoms with E-state index in [1.165, 1.54) is 16.0 Å². The van der Waals surface area contributed by atoms with Crippen LogP contribution < -0.4 is 10.6 Å². The molecule has 0 fully saturated rings. The number of imide groups is 1. The summed E-state index contributed by atoms with van der Waals surface area (Å²) in [6, 6.07) is 21.5. The van der Waals surface area contributed by atoms with Crippen LogP contribution in [0.5, 0.6) is 0 Å². The highest BCUT2D eigenvalue weighted by Gasteiger charge is 2.21. The number of para-hydroxylation sites is 1. The summed E-state index contributed by atoms with van der Waals surface area (Å²) < 4.78 is 6.55. The van der Waals surface area contributed by atoms with Gasteiger partial charge in [-0.25, -0.2) is 19.3 Å². The second-order valence-corrected chi connectivity index (χ2v) is 7.79. The van der Waals surface area contributed by atoms with Gasteiger partial charge in [0, 0.05) is 10.4 Å². The Morgan fingerprint density at radius 2 is 1.67 bits per heavy atom. The zero-order valence-corrected chi connectivity index (χ0v) is 18.1. The number of carbonyl (C=O) groups is 3. The summed E-state index contributed by atoms with van der Waals surface area (Å²) in [4.78, 5) is 41.6. The Labute approximate surface area is 193 Å². The van der Waals surface area contributed by atoms with Crippen LogP contribution in [0, 0.1) is 0 Å². The topological polar surface area (TPSA) is 115 Å². The molecule has 9 nitrogen and oxygen atoms in total. The van der Waals surface area contributed by atoms with Crippen LogP contribution in [0.4, 0.5) is 4.79 Å². The summed E-state index contributed by atoms with van der Waals surface area (Å²) in [5, 5.41) is 10.8. The molecule has 0 unspecified atom stereocenters. The smallest absolute Gasteiger partial charge is 0.378 e. The molecule has 4 aromatic rings. The lowest BCUT2D eigenvalue weighted by Crippen LogP contribution is -2.41. The summed E-state index contributed by atoms with van der Waals surface area (Å²) >= 11 is 1.48. The van der Waals surface area contributed by atoms with E-state index in [4.69, 9.17) is 4.74 Å². The van der Waals surface area contributed by atoms with Crippen molar-refractivity contribution in [1.29, 1.82) is 0 Å². The number of esters is 1. The fraction of sp³-hybridized carbons (Fsp3) is 0.0870. The summed E-state index contributed by atoms with van der Waals surface area (Å²) in [6.45, 7) is -0.356. The Bertz CT molecular complexity index is 1180. The van der Waals surface area contributed by atoms with E-state index >= 15 is 0 Å². The molecule has 10 heteroatoms. The van der Waals surface area contributed by atoms with Gasteiger partial charge in [-0.05, 0) is 23.6 Å². The van der Waals surface area contributed by atoms with E-state index < -0.39 is 24.5 Å². The van der Waals surface area contributed by atoms with Crippen molar-refractivity contribution in [3.8, 4) is 17.1 Å². The first kappa shape index (κ1) is 21.9. The molecule has 2 aromatic carbocycles. The molecule has 0 atom stereocenters. The Kier molecular flexibility index (Phi) is 6.86. The van der Waals surface area contributed by atoms with Gasteiger partial charge >= 0.3 is 12.0 Å². The van der Waals surface area contributed by atoms with E-state index in [0.29, 0.717) is 18.1 Å². The van der Waals surface area contributed by atoms with Crippen molar-refractivity contribution in [1.82, 2.24) is 25.4 Å². The van der Waals surface area contributed by atoms with Crippen LogP contribution in [-0.4, -0.2) is 39.3 Å². The van der Waals surface area contributed by atoms with Gasteiger partial charge in [0.25, 0.3) is 11.7 Å². The van der Waals surface area contributed by atoms with Gasteiger partial charge in [0.1, 0.15) is 0 Å². The molecule has 0 radical (unpaired) electrons. The number of nitrogens with one attached hydrogen (secondary N) is 2. The van der Waals surface area contributed by atoms with Crippen LogP contribution in [0.15, 0.2) is 78.2 Å². The average Bonchev–Trinajstić information content (AvgIpc) is 3.53. The maximum atomic E-state index is 12.5. The molecule has 0 aliphatic heterocycles. The Morgan fingerprint density at radius 1 is 0.939 bits per heavy atom. The van der Waals surface area contributed by atoms with E-state index in [9.17, 15) is 14.4 Å². The Hall–Kier alpha value is -4.31. The number of ether oxygens (including phenoxy) is 1. The molecular weight excluding hydrogens is 442 g/mol. The zero-order valence-electron chi connectivity index (χ0n) is 17.3. The van der Waals surface area contributed by atoms with Crippen molar-refractivity contribution >= 4 is 29.2 Å². The van der Waals surface area contributed by atoms with Crippen molar-refractivity contribution in [3.63, 3.8) is 0 Å². The largest absolute Gasteiger partial charge is 0.450 e. The van der Waals surface area contributed by atoms with E-state index in [2.05, 4.69) is 20.7 Å². The van der Waals surface area contributed by atoms with E-state index in [1.54, 1.807) is 0 Å². The number of rotatable bonds is 7. The molecule has 0 bridgehead atoms. The highest BCUT2D eigenvalue weighted by Crippen LogP contribution is 2.21. The van der Waals surface area contributed by atoms with Gasteiger partial charge in [-0.3, -0.25) is 10.1 Å². The van der Waals surface area contributed by atoms with Gasteiger partial charge in [0.15, 0.2) is 12.4 Å². The van der Waals surface area contributed by atoms with Crippen LogP contribution >= 0.6 is 11.3 Å². The Balaban J connectivity index is 1.40. The first-order valence-electron chi connectivity index (χ1n) is 9.95. The van der Waals surface area contributed by atoms with Crippen molar-refractivity contribution in [2.75, 3.05) is 6.61 Å². The third-order valence-corrected chi connectivity index (χ3v) is 5.29. The average molecular weight is 462 g/mol. The number of carbonyl (C=O) groups excluding carboxylic acids is 3. The zero-order chi connectivity index (χ0) is 23.0. The van der Waals surface area contributed by atoms with Crippen molar-refractivity contribution in [3.05, 3.63) is 88.9 Å². The van der Waals surface area contributed by atoms with E-state index in [1.807, 2.05) is 78.2 Å². The molecule has 2 N–H and O–H groups in total. The fourth-order valence-electron chi connectivity index (χ4n) is 2.90. The maximum Gasteiger partial charge on any atom is 0.378 e. The van der Waals surface area contributed by atoms with Crippen molar-refractivity contribution < 1.29 is 19.1 Å². The molecule has 166 valence electrons. The molecule has 0 spiro atoms. The van der Waals surface area contributed by atoms with Crippen LogP contribution in [0.2, 0.25) is 0 Å². The number of thiophene rings is 1. The summed E-state index contributed by atoms with van der Waals surface area (Å²) in [5.41, 5.74) is 1.47. The van der Waals surface area contributed by atoms with Crippen LogP contribution in [0.3, 0.4) is 0 Å². The normalized spacial score (nSPS) is 10.4. The van der Waals surface area contributed by atoms with Crippen LogP contribution in [0.25, 0.3) is 17.1 Å². The quantitative estimate of drug-likeness (QED) is 0.409. The minimum absolute atomic E-state index is 0.201. The number of nitrogens with zero attached hydrogens (tertiary/aromatic N) is 3. The van der Waals surface area contributed by atoms with Crippen molar-refractivity contribution in [2.45, 2.75) is 6.54 Å². The third-order valence-electron chi connectivity index (χ3n) is 4.41. The van der Waals surface area contributed by atoms with Crippen LogP contribution in [0.1, 0.15) is 15.5 Å². The molecule has 33 heavy (non-hydrogen) atoms. The number of urea groups is 1.